The molecule has 0 fully saturated rings. The van der Waals surface area contributed by atoms with Crippen LogP contribution in [0.4, 0.5) is 0 Å². The van der Waals surface area contributed by atoms with Gasteiger partial charge in [0.05, 0.1) is 10.7 Å². The number of amides is 1. The van der Waals surface area contributed by atoms with Crippen LogP contribution in [0.2, 0.25) is 0 Å². The lowest BCUT2D eigenvalue weighted by molar-refractivity contribution is -0.122. The minimum atomic E-state index is -0.618. The molecule has 0 bridgehead atoms. The summed E-state index contributed by atoms with van der Waals surface area (Å²) in [4.78, 5) is 16.5. The van der Waals surface area contributed by atoms with Gasteiger partial charge in [0.15, 0.2) is 0 Å². The van der Waals surface area contributed by atoms with Gasteiger partial charge < -0.3 is 11.1 Å². The number of nitrogens with one attached hydrogen (secondary N) is 1. The Hall–Kier alpha value is -1.72. The predicted octanol–water partition coefficient (Wildman–Crippen LogP) is 2.63. The second-order valence-corrected chi connectivity index (χ2v) is 6.15. The van der Waals surface area contributed by atoms with Gasteiger partial charge in [-0.2, -0.15) is 0 Å². The molecule has 4 nitrogen and oxygen atoms in total. The summed E-state index contributed by atoms with van der Waals surface area (Å²) in [7, 11) is 0. The van der Waals surface area contributed by atoms with Gasteiger partial charge >= 0.3 is 0 Å². The first-order valence-electron chi connectivity index (χ1n) is 7.10. The highest BCUT2D eigenvalue weighted by Gasteiger charge is 2.14. The van der Waals surface area contributed by atoms with Gasteiger partial charge in [-0.05, 0) is 5.56 Å². The largest absolute Gasteiger partial charge is 0.354 e. The Balaban J connectivity index is 1.81. The molecular formula is C16H21N3OS. The monoisotopic (exact) mass is 303 g/mol. The van der Waals surface area contributed by atoms with Crippen LogP contribution in [0.1, 0.15) is 42.1 Å². The maximum atomic E-state index is 12.0. The topological polar surface area (TPSA) is 68.0 Å². The summed E-state index contributed by atoms with van der Waals surface area (Å²) in [5.74, 6) is 0.297. The molecule has 112 valence electrons. The summed E-state index contributed by atoms with van der Waals surface area (Å²) in [6, 6.07) is 8.77. The van der Waals surface area contributed by atoms with Crippen molar-refractivity contribution in [1.82, 2.24) is 10.3 Å². The molecule has 1 amide bonds. The molecule has 0 spiro atoms. The molecule has 1 heterocycles. The summed E-state index contributed by atoms with van der Waals surface area (Å²) >= 11 is 1.67. The molecule has 1 aromatic heterocycles. The molecule has 1 unspecified atom stereocenters. The Labute approximate surface area is 129 Å². The summed E-state index contributed by atoms with van der Waals surface area (Å²) in [6.07, 6.45) is 0.733. The molecule has 1 atom stereocenters. The van der Waals surface area contributed by atoms with E-state index in [2.05, 4.69) is 29.5 Å². The number of aromatic nitrogens is 1. The van der Waals surface area contributed by atoms with Gasteiger partial charge in [-0.3, -0.25) is 4.79 Å². The molecule has 0 saturated heterocycles. The number of benzene rings is 1. The lowest BCUT2D eigenvalue weighted by atomic mass is 10.1. The lowest BCUT2D eigenvalue weighted by Gasteiger charge is -2.12. The van der Waals surface area contributed by atoms with Crippen molar-refractivity contribution >= 4 is 17.2 Å². The van der Waals surface area contributed by atoms with Crippen LogP contribution in [0.15, 0.2) is 35.7 Å². The minimum absolute atomic E-state index is 0.152. The van der Waals surface area contributed by atoms with Crippen LogP contribution < -0.4 is 11.1 Å². The standard InChI is InChI=1S/C16H21N3OS/c1-11(2)16-19-13(10-21-16)8-9-18-15(20)14(17)12-6-4-3-5-7-12/h3-7,10-11,14H,8-9,17H2,1-2H3,(H,18,20). The molecule has 5 heteroatoms. The molecular weight excluding hydrogens is 282 g/mol. The summed E-state index contributed by atoms with van der Waals surface area (Å²) in [5, 5.41) is 6.06. The molecule has 2 rings (SSSR count). The molecule has 0 radical (unpaired) electrons. The Kier molecular flexibility index (Phi) is 5.47. The number of rotatable bonds is 6. The van der Waals surface area contributed by atoms with E-state index >= 15 is 0 Å². The predicted molar refractivity (Wildman–Crippen MR) is 86.3 cm³/mol. The first kappa shape index (κ1) is 15.7. The third kappa shape index (κ3) is 4.37. The van der Waals surface area contributed by atoms with Crippen LogP contribution in [0, 0.1) is 0 Å². The van der Waals surface area contributed by atoms with Gasteiger partial charge in [0, 0.05) is 24.3 Å². The average Bonchev–Trinajstić information content (AvgIpc) is 2.96. The van der Waals surface area contributed by atoms with Crippen molar-refractivity contribution in [3.8, 4) is 0 Å². The van der Waals surface area contributed by atoms with E-state index < -0.39 is 6.04 Å². The fourth-order valence-electron chi connectivity index (χ4n) is 1.94. The smallest absolute Gasteiger partial charge is 0.241 e. The van der Waals surface area contributed by atoms with Crippen molar-refractivity contribution in [2.24, 2.45) is 5.73 Å². The highest BCUT2D eigenvalue weighted by Crippen LogP contribution is 2.19. The highest BCUT2D eigenvalue weighted by molar-refractivity contribution is 7.09. The summed E-state index contributed by atoms with van der Waals surface area (Å²) < 4.78 is 0. The quantitative estimate of drug-likeness (QED) is 0.862. The van der Waals surface area contributed by atoms with Crippen molar-refractivity contribution in [3.63, 3.8) is 0 Å². The van der Waals surface area contributed by atoms with Crippen LogP contribution in [0.5, 0.6) is 0 Å². The number of hydrogen-bond donors (Lipinski definition) is 2. The number of carbonyl (C=O) groups is 1. The first-order valence-corrected chi connectivity index (χ1v) is 7.98. The molecule has 0 aliphatic heterocycles. The molecule has 21 heavy (non-hydrogen) atoms. The van der Waals surface area contributed by atoms with E-state index in [0.717, 1.165) is 22.7 Å². The lowest BCUT2D eigenvalue weighted by Crippen LogP contribution is -2.35. The maximum Gasteiger partial charge on any atom is 0.241 e. The maximum absolute atomic E-state index is 12.0. The Morgan fingerprint density at radius 1 is 1.33 bits per heavy atom. The summed E-state index contributed by atoms with van der Waals surface area (Å²) in [5.41, 5.74) is 7.79. The van der Waals surface area contributed by atoms with Crippen molar-refractivity contribution in [2.75, 3.05) is 6.54 Å². The first-order chi connectivity index (χ1) is 10.1. The van der Waals surface area contributed by atoms with E-state index in [1.807, 2.05) is 30.3 Å². The molecule has 0 saturated carbocycles. The average molecular weight is 303 g/mol. The van der Waals surface area contributed by atoms with Crippen molar-refractivity contribution < 1.29 is 4.79 Å². The summed E-state index contributed by atoms with van der Waals surface area (Å²) in [6.45, 7) is 4.81. The van der Waals surface area contributed by atoms with Crippen molar-refractivity contribution in [3.05, 3.63) is 52.0 Å². The van der Waals surface area contributed by atoms with Crippen LogP contribution in [-0.2, 0) is 11.2 Å². The van der Waals surface area contributed by atoms with Crippen LogP contribution in [-0.4, -0.2) is 17.4 Å². The van der Waals surface area contributed by atoms with E-state index in [9.17, 15) is 4.79 Å². The number of nitrogens with two attached hydrogens (primary N) is 1. The van der Waals surface area contributed by atoms with E-state index in [1.54, 1.807) is 11.3 Å². The third-order valence-electron chi connectivity index (χ3n) is 3.18. The van der Waals surface area contributed by atoms with E-state index in [-0.39, 0.29) is 5.91 Å². The van der Waals surface area contributed by atoms with Crippen LogP contribution >= 0.6 is 11.3 Å². The highest BCUT2D eigenvalue weighted by atomic mass is 32.1. The van der Waals surface area contributed by atoms with E-state index in [1.165, 1.54) is 0 Å². The number of hydrogen-bond acceptors (Lipinski definition) is 4. The van der Waals surface area contributed by atoms with E-state index in [4.69, 9.17) is 5.73 Å². The third-order valence-corrected chi connectivity index (χ3v) is 4.38. The van der Waals surface area contributed by atoms with Gasteiger partial charge in [0.2, 0.25) is 5.91 Å². The zero-order valence-electron chi connectivity index (χ0n) is 12.4. The number of carbonyl (C=O) groups excluding carboxylic acids is 1. The fourth-order valence-corrected chi connectivity index (χ4v) is 2.81. The van der Waals surface area contributed by atoms with Gasteiger partial charge in [0.1, 0.15) is 6.04 Å². The van der Waals surface area contributed by atoms with Crippen molar-refractivity contribution in [2.45, 2.75) is 32.2 Å². The van der Waals surface area contributed by atoms with E-state index in [0.29, 0.717) is 12.5 Å². The van der Waals surface area contributed by atoms with Gasteiger partial charge in [-0.15, -0.1) is 11.3 Å². The molecule has 0 aliphatic rings. The SMILES string of the molecule is CC(C)c1nc(CCNC(=O)C(N)c2ccccc2)cs1. The van der Waals surface area contributed by atoms with Gasteiger partial charge in [-0.1, -0.05) is 44.2 Å². The van der Waals surface area contributed by atoms with Crippen LogP contribution in [0.25, 0.3) is 0 Å². The second-order valence-electron chi connectivity index (χ2n) is 5.26. The Morgan fingerprint density at radius 3 is 2.67 bits per heavy atom. The minimum Gasteiger partial charge on any atom is -0.354 e. The van der Waals surface area contributed by atoms with Gasteiger partial charge in [0.25, 0.3) is 0 Å². The van der Waals surface area contributed by atoms with Gasteiger partial charge in [-0.25, -0.2) is 4.98 Å². The fraction of sp³-hybridized carbons (Fsp3) is 0.375. The molecule has 2 aromatic rings. The number of nitrogens with zero attached hydrogens (tertiary/aromatic N) is 1. The molecule has 0 aliphatic carbocycles. The van der Waals surface area contributed by atoms with Crippen molar-refractivity contribution in [1.29, 1.82) is 0 Å². The Bertz CT molecular complexity index is 580. The molecule has 1 aromatic carbocycles. The zero-order chi connectivity index (χ0) is 15.2. The number of thiazole rings is 1. The Morgan fingerprint density at radius 2 is 2.05 bits per heavy atom. The van der Waals surface area contributed by atoms with Crippen LogP contribution in [0.3, 0.4) is 0 Å². The molecule has 3 N–H and O–H groups in total. The zero-order valence-corrected chi connectivity index (χ0v) is 13.2. The second kappa shape index (κ2) is 7.33. The normalized spacial score (nSPS) is 12.4.